The zero-order chi connectivity index (χ0) is 17.1. The van der Waals surface area contributed by atoms with Gasteiger partial charge in [-0.15, -0.1) is 11.3 Å². The van der Waals surface area contributed by atoms with Gasteiger partial charge < -0.3 is 14.2 Å². The Morgan fingerprint density at radius 1 is 1.00 bits per heavy atom. The van der Waals surface area contributed by atoms with Crippen LogP contribution < -0.4 is 4.74 Å². The molecule has 0 amide bonds. The molecule has 3 aromatic rings. The predicted octanol–water partition coefficient (Wildman–Crippen LogP) is 3.06. The van der Waals surface area contributed by atoms with E-state index in [1.54, 1.807) is 0 Å². The summed E-state index contributed by atoms with van der Waals surface area (Å²) in [5, 5.41) is 1.87. The van der Waals surface area contributed by atoms with Gasteiger partial charge in [-0.3, -0.25) is 0 Å². The van der Waals surface area contributed by atoms with E-state index in [9.17, 15) is 9.59 Å². The van der Waals surface area contributed by atoms with Crippen LogP contribution in [0.5, 0.6) is 11.6 Å². The molecule has 0 saturated heterocycles. The van der Waals surface area contributed by atoms with Crippen LogP contribution in [0.2, 0.25) is 0 Å². The molecule has 0 N–H and O–H groups in total. The van der Waals surface area contributed by atoms with Crippen molar-refractivity contribution in [3.8, 4) is 11.6 Å². The molecule has 3 rings (SSSR count). The number of fused-ring (bicyclic) bond motifs is 1. The predicted molar refractivity (Wildman–Crippen MR) is 86.6 cm³/mol. The Bertz CT molecular complexity index is 887. The second kappa shape index (κ2) is 6.63. The van der Waals surface area contributed by atoms with Crippen molar-refractivity contribution < 1.29 is 23.8 Å². The van der Waals surface area contributed by atoms with Crippen molar-refractivity contribution in [2.45, 2.75) is 0 Å². The number of carbonyl (C=O) groups excluding carboxylic acids is 2. The molecule has 0 saturated carbocycles. The second-order valence-corrected chi connectivity index (χ2v) is 5.56. The quantitative estimate of drug-likeness (QED) is 0.672. The number of ether oxygens (including phenoxy) is 3. The summed E-state index contributed by atoms with van der Waals surface area (Å²) < 4.78 is 15.9. The molecule has 7 nitrogen and oxygen atoms in total. The zero-order valence-electron chi connectivity index (χ0n) is 12.8. The number of benzene rings is 1. The highest BCUT2D eigenvalue weighted by molar-refractivity contribution is 7.17. The van der Waals surface area contributed by atoms with Gasteiger partial charge in [0.1, 0.15) is 16.8 Å². The number of nitrogens with zero attached hydrogens (tertiary/aromatic N) is 2. The molecule has 8 heteroatoms. The SMILES string of the molecule is COC(=O)c1cc(Oc2ncnc3ccsc23)cc(C(=O)OC)c1. The molecule has 24 heavy (non-hydrogen) atoms. The van der Waals surface area contributed by atoms with Gasteiger partial charge in [0.05, 0.1) is 30.9 Å². The lowest BCUT2D eigenvalue weighted by atomic mass is 10.1. The first-order valence-corrected chi connectivity index (χ1v) is 7.68. The number of thiophene rings is 1. The molecule has 2 heterocycles. The van der Waals surface area contributed by atoms with Crippen molar-refractivity contribution in [3.63, 3.8) is 0 Å². The lowest BCUT2D eigenvalue weighted by Crippen LogP contribution is -2.07. The summed E-state index contributed by atoms with van der Waals surface area (Å²) in [5.74, 6) is -0.566. The van der Waals surface area contributed by atoms with Crippen LogP contribution in [0.1, 0.15) is 20.7 Å². The first-order valence-electron chi connectivity index (χ1n) is 6.80. The molecule has 1 aromatic carbocycles. The number of esters is 2. The summed E-state index contributed by atoms with van der Waals surface area (Å²) >= 11 is 1.43. The van der Waals surface area contributed by atoms with Gasteiger partial charge in [0, 0.05) is 0 Å². The monoisotopic (exact) mass is 344 g/mol. The minimum atomic E-state index is -0.588. The van der Waals surface area contributed by atoms with Gasteiger partial charge in [0.2, 0.25) is 5.88 Å². The van der Waals surface area contributed by atoms with Crippen molar-refractivity contribution in [2.75, 3.05) is 14.2 Å². The van der Waals surface area contributed by atoms with E-state index < -0.39 is 11.9 Å². The van der Waals surface area contributed by atoms with Crippen LogP contribution in [0.3, 0.4) is 0 Å². The smallest absolute Gasteiger partial charge is 0.338 e. The number of hydrogen-bond acceptors (Lipinski definition) is 8. The Hall–Kier alpha value is -3.00. The van der Waals surface area contributed by atoms with Gasteiger partial charge >= 0.3 is 11.9 Å². The minimum absolute atomic E-state index is 0.173. The molecule has 0 aliphatic carbocycles. The Morgan fingerprint density at radius 2 is 1.67 bits per heavy atom. The van der Waals surface area contributed by atoms with Crippen molar-refractivity contribution in [1.82, 2.24) is 9.97 Å². The third kappa shape index (κ3) is 3.04. The molecule has 0 aliphatic heterocycles. The summed E-state index contributed by atoms with van der Waals surface area (Å²) in [6, 6.07) is 6.17. The molecule has 0 unspecified atom stereocenters. The normalized spacial score (nSPS) is 10.4. The van der Waals surface area contributed by atoms with Crippen molar-refractivity contribution >= 4 is 33.5 Å². The number of aromatic nitrogens is 2. The summed E-state index contributed by atoms with van der Waals surface area (Å²) in [6.07, 6.45) is 1.38. The standard InChI is InChI=1S/C16H12N2O5S/c1-21-15(19)9-5-10(16(20)22-2)7-11(6-9)23-14-13-12(3-4-24-13)17-8-18-14/h3-8H,1-2H3. The first-order chi connectivity index (χ1) is 11.6. The molecule has 0 radical (unpaired) electrons. The lowest BCUT2D eigenvalue weighted by molar-refractivity contribution is 0.0598. The highest BCUT2D eigenvalue weighted by Crippen LogP contribution is 2.31. The highest BCUT2D eigenvalue weighted by atomic mass is 32.1. The molecule has 0 spiro atoms. The second-order valence-electron chi connectivity index (χ2n) is 4.65. The Labute approximate surface area is 140 Å². The molecule has 0 aliphatic rings. The summed E-state index contributed by atoms with van der Waals surface area (Å²) in [7, 11) is 2.51. The Morgan fingerprint density at radius 3 is 2.29 bits per heavy atom. The molecular weight excluding hydrogens is 332 g/mol. The van der Waals surface area contributed by atoms with E-state index >= 15 is 0 Å². The zero-order valence-corrected chi connectivity index (χ0v) is 13.6. The van der Waals surface area contributed by atoms with Crippen molar-refractivity contribution in [2.24, 2.45) is 0 Å². The van der Waals surface area contributed by atoms with E-state index in [-0.39, 0.29) is 16.9 Å². The first kappa shape index (κ1) is 15.9. The van der Waals surface area contributed by atoms with Gasteiger partial charge in [-0.2, -0.15) is 0 Å². The fraction of sp³-hybridized carbons (Fsp3) is 0.125. The molecule has 122 valence electrons. The van der Waals surface area contributed by atoms with Gasteiger partial charge in [-0.05, 0) is 29.6 Å². The van der Waals surface area contributed by atoms with Crippen LogP contribution in [-0.4, -0.2) is 36.1 Å². The van der Waals surface area contributed by atoms with E-state index in [1.807, 2.05) is 11.4 Å². The highest BCUT2D eigenvalue weighted by Gasteiger charge is 2.16. The third-order valence-electron chi connectivity index (χ3n) is 3.17. The summed E-state index contributed by atoms with van der Waals surface area (Å²) in [4.78, 5) is 31.8. The molecule has 2 aromatic heterocycles. The Kier molecular flexibility index (Phi) is 4.39. The van der Waals surface area contributed by atoms with E-state index in [4.69, 9.17) is 14.2 Å². The van der Waals surface area contributed by atoms with E-state index in [0.717, 1.165) is 10.2 Å². The fourth-order valence-corrected chi connectivity index (χ4v) is 2.85. The maximum Gasteiger partial charge on any atom is 0.338 e. The van der Waals surface area contributed by atoms with Crippen LogP contribution in [0.25, 0.3) is 10.2 Å². The van der Waals surface area contributed by atoms with Gasteiger partial charge in [0.25, 0.3) is 0 Å². The Balaban J connectivity index is 2.04. The third-order valence-corrected chi connectivity index (χ3v) is 4.07. The summed E-state index contributed by atoms with van der Waals surface area (Å²) in [5.41, 5.74) is 1.10. The molecule has 0 atom stereocenters. The number of methoxy groups -OCH3 is 2. The van der Waals surface area contributed by atoms with Crippen LogP contribution in [0, 0.1) is 0 Å². The van der Waals surface area contributed by atoms with Gasteiger partial charge in [-0.1, -0.05) is 0 Å². The number of rotatable bonds is 4. The van der Waals surface area contributed by atoms with Crippen molar-refractivity contribution in [1.29, 1.82) is 0 Å². The fourth-order valence-electron chi connectivity index (χ4n) is 2.08. The minimum Gasteiger partial charge on any atom is -0.465 e. The largest absolute Gasteiger partial charge is 0.465 e. The van der Waals surface area contributed by atoms with Crippen LogP contribution >= 0.6 is 11.3 Å². The topological polar surface area (TPSA) is 87.6 Å². The van der Waals surface area contributed by atoms with Crippen LogP contribution in [0.4, 0.5) is 0 Å². The number of hydrogen-bond donors (Lipinski definition) is 0. The van der Waals surface area contributed by atoms with E-state index in [0.29, 0.717) is 5.88 Å². The molecule has 0 fully saturated rings. The molecular formula is C16H12N2O5S. The van der Waals surface area contributed by atoms with Gasteiger partial charge in [0.15, 0.2) is 0 Å². The lowest BCUT2D eigenvalue weighted by Gasteiger charge is -2.09. The molecule has 0 bridgehead atoms. The maximum absolute atomic E-state index is 11.8. The summed E-state index contributed by atoms with van der Waals surface area (Å²) in [6.45, 7) is 0. The van der Waals surface area contributed by atoms with E-state index in [1.165, 1.54) is 50.1 Å². The average Bonchev–Trinajstić information content (AvgIpc) is 3.09. The average molecular weight is 344 g/mol. The maximum atomic E-state index is 11.8. The van der Waals surface area contributed by atoms with Crippen LogP contribution in [0.15, 0.2) is 36.0 Å². The van der Waals surface area contributed by atoms with Crippen LogP contribution in [-0.2, 0) is 9.47 Å². The van der Waals surface area contributed by atoms with Crippen molar-refractivity contribution in [3.05, 3.63) is 47.1 Å². The number of carbonyl (C=O) groups is 2. The van der Waals surface area contributed by atoms with E-state index in [2.05, 4.69) is 9.97 Å². The van der Waals surface area contributed by atoms with Gasteiger partial charge in [-0.25, -0.2) is 19.6 Å².